The highest BCUT2D eigenvalue weighted by molar-refractivity contribution is 7.99. The zero-order chi connectivity index (χ0) is 23.4. The topological polar surface area (TPSA) is 38.7 Å². The standard InChI is InChI=1S/C28H58O3S/c1-3-4-5-6-7-8-9-10-11-12-13-14-15-16-18-21-24-31-26-28(30-2)27-32-25-22-19-17-20-23-29/h28-29H,3-27H2,1-2H3. The first-order valence-electron chi connectivity index (χ1n) is 14.1. The molecule has 0 aromatic rings. The first kappa shape index (κ1) is 32.2. The first-order valence-corrected chi connectivity index (χ1v) is 15.3. The van der Waals surface area contributed by atoms with Crippen LogP contribution >= 0.6 is 11.8 Å². The number of aliphatic hydroxyl groups is 1. The van der Waals surface area contributed by atoms with Crippen LogP contribution in [-0.4, -0.2) is 49.6 Å². The molecule has 0 radical (unpaired) electrons. The predicted molar refractivity (Wildman–Crippen MR) is 144 cm³/mol. The van der Waals surface area contributed by atoms with E-state index in [1.54, 1.807) is 7.11 Å². The van der Waals surface area contributed by atoms with Gasteiger partial charge in [-0.1, -0.05) is 116 Å². The average molecular weight is 475 g/mol. The minimum Gasteiger partial charge on any atom is -0.396 e. The fraction of sp³-hybridized carbons (Fsp3) is 1.00. The smallest absolute Gasteiger partial charge is 0.0894 e. The van der Waals surface area contributed by atoms with Crippen molar-refractivity contribution >= 4 is 11.8 Å². The lowest BCUT2D eigenvalue weighted by Crippen LogP contribution is -2.21. The molecule has 0 saturated carbocycles. The van der Waals surface area contributed by atoms with Crippen LogP contribution in [0.25, 0.3) is 0 Å². The van der Waals surface area contributed by atoms with Gasteiger partial charge in [0.25, 0.3) is 0 Å². The Kier molecular flexibility index (Phi) is 29.5. The highest BCUT2D eigenvalue weighted by Gasteiger charge is 2.07. The molecule has 0 aliphatic rings. The van der Waals surface area contributed by atoms with Crippen LogP contribution in [0.3, 0.4) is 0 Å². The van der Waals surface area contributed by atoms with Gasteiger partial charge in [0.1, 0.15) is 0 Å². The first-order chi connectivity index (χ1) is 15.8. The fourth-order valence-corrected chi connectivity index (χ4v) is 5.11. The zero-order valence-electron chi connectivity index (χ0n) is 21.9. The number of aliphatic hydroxyl groups excluding tert-OH is 1. The van der Waals surface area contributed by atoms with Crippen LogP contribution in [0.2, 0.25) is 0 Å². The number of hydrogen-bond acceptors (Lipinski definition) is 4. The summed E-state index contributed by atoms with van der Waals surface area (Å²) in [5, 5.41) is 8.79. The van der Waals surface area contributed by atoms with E-state index >= 15 is 0 Å². The maximum atomic E-state index is 8.79. The van der Waals surface area contributed by atoms with Crippen molar-refractivity contribution in [3.05, 3.63) is 0 Å². The van der Waals surface area contributed by atoms with Crippen molar-refractivity contribution < 1.29 is 14.6 Å². The summed E-state index contributed by atoms with van der Waals surface area (Å²) in [5.74, 6) is 2.21. The number of ether oxygens (including phenoxy) is 2. The zero-order valence-corrected chi connectivity index (χ0v) is 22.7. The van der Waals surface area contributed by atoms with E-state index in [9.17, 15) is 0 Å². The van der Waals surface area contributed by atoms with Gasteiger partial charge in [0.15, 0.2) is 0 Å². The van der Waals surface area contributed by atoms with Gasteiger partial charge >= 0.3 is 0 Å². The second-order valence-corrected chi connectivity index (χ2v) is 10.6. The molecule has 0 aromatic heterocycles. The van der Waals surface area contributed by atoms with Gasteiger partial charge in [0.2, 0.25) is 0 Å². The van der Waals surface area contributed by atoms with Crippen molar-refractivity contribution in [3.8, 4) is 0 Å². The number of thioether (sulfide) groups is 1. The second kappa shape index (κ2) is 29.3. The molecule has 0 aliphatic carbocycles. The van der Waals surface area contributed by atoms with E-state index < -0.39 is 0 Å². The van der Waals surface area contributed by atoms with Crippen molar-refractivity contribution in [1.29, 1.82) is 0 Å². The minimum absolute atomic E-state index is 0.221. The number of methoxy groups -OCH3 is 1. The second-order valence-electron chi connectivity index (χ2n) is 9.45. The molecular formula is C28H58O3S. The molecule has 0 amide bonds. The molecule has 1 atom stereocenters. The summed E-state index contributed by atoms with van der Waals surface area (Å²) < 4.78 is 11.4. The summed E-state index contributed by atoms with van der Waals surface area (Å²) in [6, 6.07) is 0. The van der Waals surface area contributed by atoms with Gasteiger partial charge in [0, 0.05) is 26.1 Å². The van der Waals surface area contributed by atoms with E-state index in [2.05, 4.69) is 6.92 Å². The van der Waals surface area contributed by atoms with Gasteiger partial charge in [-0.2, -0.15) is 11.8 Å². The summed E-state index contributed by atoms with van der Waals surface area (Å²) in [7, 11) is 1.80. The van der Waals surface area contributed by atoms with Crippen LogP contribution in [-0.2, 0) is 9.47 Å². The lowest BCUT2D eigenvalue weighted by atomic mass is 10.0. The van der Waals surface area contributed by atoms with Gasteiger partial charge < -0.3 is 14.6 Å². The molecule has 0 spiro atoms. The lowest BCUT2D eigenvalue weighted by molar-refractivity contribution is 0.0198. The molecule has 0 aromatic carbocycles. The molecule has 1 N–H and O–H groups in total. The summed E-state index contributed by atoms with van der Waals surface area (Å²) in [5.41, 5.74) is 0. The van der Waals surface area contributed by atoms with Gasteiger partial charge in [0.05, 0.1) is 12.7 Å². The van der Waals surface area contributed by atoms with E-state index in [-0.39, 0.29) is 6.10 Å². The average Bonchev–Trinajstić information content (AvgIpc) is 2.81. The van der Waals surface area contributed by atoms with Crippen LogP contribution < -0.4 is 0 Å². The molecule has 4 heteroatoms. The van der Waals surface area contributed by atoms with Gasteiger partial charge in [-0.3, -0.25) is 0 Å². The minimum atomic E-state index is 0.221. The molecule has 0 bridgehead atoms. The van der Waals surface area contributed by atoms with Crippen LogP contribution in [0.15, 0.2) is 0 Å². The van der Waals surface area contributed by atoms with Crippen LogP contribution in [0.4, 0.5) is 0 Å². The molecule has 194 valence electrons. The van der Waals surface area contributed by atoms with E-state index in [0.29, 0.717) is 6.61 Å². The van der Waals surface area contributed by atoms with Crippen molar-refractivity contribution in [2.75, 3.05) is 38.4 Å². The normalized spacial score (nSPS) is 12.5. The Morgan fingerprint density at radius 3 is 1.59 bits per heavy atom. The van der Waals surface area contributed by atoms with Crippen LogP contribution in [0.5, 0.6) is 0 Å². The molecule has 0 heterocycles. The summed E-state index contributed by atoms with van der Waals surface area (Å²) in [6.45, 7) is 4.23. The Bertz CT molecular complexity index is 328. The fourth-order valence-electron chi connectivity index (χ4n) is 4.04. The van der Waals surface area contributed by atoms with Crippen molar-refractivity contribution in [3.63, 3.8) is 0 Å². The molecule has 0 aliphatic heterocycles. The van der Waals surface area contributed by atoms with Crippen molar-refractivity contribution in [1.82, 2.24) is 0 Å². The van der Waals surface area contributed by atoms with E-state index in [4.69, 9.17) is 14.6 Å². The quantitative estimate of drug-likeness (QED) is 0.115. The van der Waals surface area contributed by atoms with Crippen LogP contribution in [0.1, 0.15) is 135 Å². The molecule has 3 nitrogen and oxygen atoms in total. The van der Waals surface area contributed by atoms with Gasteiger partial charge in [-0.25, -0.2) is 0 Å². The highest BCUT2D eigenvalue weighted by Crippen LogP contribution is 2.14. The summed E-state index contributed by atoms with van der Waals surface area (Å²) in [6.07, 6.45) is 27.3. The Morgan fingerprint density at radius 1 is 0.625 bits per heavy atom. The third kappa shape index (κ3) is 26.5. The number of rotatable bonds is 28. The van der Waals surface area contributed by atoms with Gasteiger partial charge in [-0.05, 0) is 25.0 Å². The van der Waals surface area contributed by atoms with E-state index in [1.807, 2.05) is 11.8 Å². The third-order valence-electron chi connectivity index (χ3n) is 6.28. The maximum Gasteiger partial charge on any atom is 0.0894 e. The largest absolute Gasteiger partial charge is 0.396 e. The number of unbranched alkanes of at least 4 members (excludes halogenated alkanes) is 18. The SMILES string of the molecule is CCCCCCCCCCCCCCCCCCOCC(CSCCCCCCO)OC. The molecule has 0 rings (SSSR count). The summed E-state index contributed by atoms with van der Waals surface area (Å²) in [4.78, 5) is 0. The van der Waals surface area contributed by atoms with E-state index in [1.165, 1.54) is 121 Å². The molecule has 0 saturated heterocycles. The predicted octanol–water partition coefficient (Wildman–Crippen LogP) is 8.57. The van der Waals surface area contributed by atoms with Crippen molar-refractivity contribution in [2.45, 2.75) is 141 Å². The monoisotopic (exact) mass is 474 g/mol. The third-order valence-corrected chi connectivity index (χ3v) is 7.46. The Hall–Kier alpha value is 0.230. The Morgan fingerprint density at radius 2 is 1.09 bits per heavy atom. The van der Waals surface area contributed by atoms with Gasteiger partial charge in [-0.15, -0.1) is 0 Å². The number of hydrogen-bond donors (Lipinski definition) is 1. The molecular weight excluding hydrogens is 416 g/mol. The highest BCUT2D eigenvalue weighted by atomic mass is 32.2. The lowest BCUT2D eigenvalue weighted by Gasteiger charge is -2.15. The molecule has 1 unspecified atom stereocenters. The molecule has 0 fully saturated rings. The maximum absolute atomic E-state index is 8.79. The van der Waals surface area contributed by atoms with E-state index in [0.717, 1.165) is 31.8 Å². The molecule has 32 heavy (non-hydrogen) atoms. The van der Waals surface area contributed by atoms with Crippen molar-refractivity contribution in [2.24, 2.45) is 0 Å². The Balaban J connectivity index is 3.21. The Labute approximate surface area is 206 Å². The summed E-state index contributed by atoms with van der Waals surface area (Å²) >= 11 is 1.97. The van der Waals surface area contributed by atoms with Crippen LogP contribution in [0, 0.1) is 0 Å².